The summed E-state index contributed by atoms with van der Waals surface area (Å²) in [6, 6.07) is 13.4. The molecule has 1 atom stereocenters. The summed E-state index contributed by atoms with van der Waals surface area (Å²) in [4.78, 5) is 0. The largest absolute Gasteiger partial charge is 0.496 e. The van der Waals surface area contributed by atoms with Crippen molar-refractivity contribution in [2.45, 2.75) is 32.2 Å². The number of anilines is 1. The average Bonchev–Trinajstić information content (AvgIpc) is 2.48. The second-order valence-electron chi connectivity index (χ2n) is 5.68. The fourth-order valence-corrected chi connectivity index (χ4v) is 3.46. The Morgan fingerprint density at radius 2 is 2.00 bits per heavy atom. The number of halogens is 1. The number of aryl methyl sites for hydroxylation is 2. The van der Waals surface area contributed by atoms with Gasteiger partial charge in [-0.2, -0.15) is 0 Å². The molecule has 2 aromatic rings. The normalized spacial score (nSPS) is 17.2. The molecule has 0 saturated carbocycles. The summed E-state index contributed by atoms with van der Waals surface area (Å²) in [5, 5.41) is 3.66. The molecule has 0 aromatic heterocycles. The van der Waals surface area contributed by atoms with Crippen LogP contribution in [-0.4, -0.2) is 13.2 Å². The van der Waals surface area contributed by atoms with Gasteiger partial charge in [-0.15, -0.1) is 0 Å². The summed E-state index contributed by atoms with van der Waals surface area (Å²) in [7, 11) is 1.71. The van der Waals surface area contributed by atoms with E-state index >= 15 is 0 Å². The molecule has 1 aliphatic carbocycles. The van der Waals surface area contributed by atoms with E-state index < -0.39 is 0 Å². The molecule has 2 aromatic carbocycles. The molecule has 0 bridgehead atoms. The van der Waals surface area contributed by atoms with Crippen molar-refractivity contribution in [3.8, 4) is 5.75 Å². The number of rotatable bonds is 3. The van der Waals surface area contributed by atoms with Crippen LogP contribution in [0.1, 0.15) is 23.1 Å². The summed E-state index contributed by atoms with van der Waals surface area (Å²) >= 11 is 3.55. The quantitative estimate of drug-likeness (QED) is 0.867. The highest BCUT2D eigenvalue weighted by atomic mass is 79.9. The van der Waals surface area contributed by atoms with E-state index in [4.69, 9.17) is 4.74 Å². The summed E-state index contributed by atoms with van der Waals surface area (Å²) < 4.78 is 6.49. The summed E-state index contributed by atoms with van der Waals surface area (Å²) in [5.41, 5.74) is 5.29. The summed E-state index contributed by atoms with van der Waals surface area (Å²) in [6.07, 6.45) is 3.41. The minimum absolute atomic E-state index is 0.506. The van der Waals surface area contributed by atoms with Gasteiger partial charge in [0.1, 0.15) is 5.75 Å². The van der Waals surface area contributed by atoms with Crippen LogP contribution in [-0.2, 0) is 12.8 Å². The number of benzene rings is 2. The van der Waals surface area contributed by atoms with Crippen molar-refractivity contribution in [2.24, 2.45) is 0 Å². The fourth-order valence-electron chi connectivity index (χ4n) is 3.05. The molecule has 3 rings (SSSR count). The number of fused-ring (bicyclic) bond motifs is 1. The molecule has 0 heterocycles. The van der Waals surface area contributed by atoms with E-state index in [1.807, 2.05) is 6.07 Å². The van der Waals surface area contributed by atoms with E-state index in [1.165, 1.54) is 33.3 Å². The van der Waals surface area contributed by atoms with E-state index in [0.29, 0.717) is 6.04 Å². The molecule has 21 heavy (non-hydrogen) atoms. The SMILES string of the molecule is COc1ccc(NC2CCc3cc(Br)ccc3C2)cc1C. The van der Waals surface area contributed by atoms with Crippen LogP contribution in [0.2, 0.25) is 0 Å². The molecule has 0 saturated heterocycles. The highest BCUT2D eigenvalue weighted by Gasteiger charge is 2.18. The first kappa shape index (κ1) is 14.5. The molecule has 0 spiro atoms. The lowest BCUT2D eigenvalue weighted by Crippen LogP contribution is -2.27. The van der Waals surface area contributed by atoms with Crippen molar-refractivity contribution in [3.63, 3.8) is 0 Å². The second-order valence-corrected chi connectivity index (χ2v) is 6.60. The maximum absolute atomic E-state index is 5.32. The molecule has 110 valence electrons. The number of ether oxygens (including phenoxy) is 1. The lowest BCUT2D eigenvalue weighted by Gasteiger charge is -2.27. The van der Waals surface area contributed by atoms with Crippen LogP contribution >= 0.6 is 15.9 Å². The van der Waals surface area contributed by atoms with Gasteiger partial charge in [-0.3, -0.25) is 0 Å². The standard InChI is InChI=1S/C18H20BrNO/c1-12-9-16(7-8-18(12)21-2)20-17-6-4-13-10-15(19)5-3-14(13)11-17/h3,5,7-10,17,20H,4,6,11H2,1-2H3. The van der Waals surface area contributed by atoms with Crippen LogP contribution in [0, 0.1) is 6.92 Å². The molecule has 2 nitrogen and oxygen atoms in total. The minimum atomic E-state index is 0.506. The third kappa shape index (κ3) is 3.24. The van der Waals surface area contributed by atoms with E-state index in [-0.39, 0.29) is 0 Å². The highest BCUT2D eigenvalue weighted by molar-refractivity contribution is 9.10. The van der Waals surface area contributed by atoms with E-state index in [2.05, 4.69) is 58.5 Å². The van der Waals surface area contributed by atoms with Crippen molar-refractivity contribution >= 4 is 21.6 Å². The molecule has 3 heteroatoms. The molecule has 0 fully saturated rings. The van der Waals surface area contributed by atoms with Gasteiger partial charge in [-0.1, -0.05) is 22.0 Å². The van der Waals surface area contributed by atoms with E-state index in [9.17, 15) is 0 Å². The molecular weight excluding hydrogens is 326 g/mol. The maximum Gasteiger partial charge on any atom is 0.121 e. The zero-order valence-electron chi connectivity index (χ0n) is 12.4. The van der Waals surface area contributed by atoms with Gasteiger partial charge >= 0.3 is 0 Å². The Morgan fingerprint density at radius 1 is 1.14 bits per heavy atom. The molecule has 0 aliphatic heterocycles. The number of hydrogen-bond donors (Lipinski definition) is 1. The number of methoxy groups -OCH3 is 1. The molecule has 1 aliphatic rings. The molecule has 0 amide bonds. The van der Waals surface area contributed by atoms with Gasteiger partial charge < -0.3 is 10.1 Å². The third-order valence-corrected chi connectivity index (χ3v) is 4.66. The Labute approximate surface area is 134 Å². The Balaban J connectivity index is 1.72. The first-order valence-corrected chi connectivity index (χ1v) is 8.13. The molecular formula is C18H20BrNO. The van der Waals surface area contributed by atoms with E-state index in [0.717, 1.165) is 18.6 Å². The monoisotopic (exact) mass is 345 g/mol. The predicted octanol–water partition coefficient (Wildman–Crippen LogP) is 4.74. The van der Waals surface area contributed by atoms with Crippen molar-refractivity contribution in [3.05, 3.63) is 57.6 Å². The molecule has 0 radical (unpaired) electrons. The highest BCUT2D eigenvalue weighted by Crippen LogP contribution is 2.28. The summed E-state index contributed by atoms with van der Waals surface area (Å²) in [6.45, 7) is 2.08. The van der Waals surface area contributed by atoms with Gasteiger partial charge in [0.2, 0.25) is 0 Å². The first-order chi connectivity index (χ1) is 10.2. The van der Waals surface area contributed by atoms with Crippen LogP contribution in [0.25, 0.3) is 0 Å². The van der Waals surface area contributed by atoms with Crippen LogP contribution in [0.4, 0.5) is 5.69 Å². The number of hydrogen-bond acceptors (Lipinski definition) is 2. The smallest absolute Gasteiger partial charge is 0.121 e. The predicted molar refractivity (Wildman–Crippen MR) is 91.3 cm³/mol. The molecule has 1 unspecified atom stereocenters. The lowest BCUT2D eigenvalue weighted by molar-refractivity contribution is 0.411. The van der Waals surface area contributed by atoms with Crippen LogP contribution in [0.15, 0.2) is 40.9 Å². The number of nitrogens with one attached hydrogen (secondary N) is 1. The van der Waals surface area contributed by atoms with Crippen molar-refractivity contribution in [1.82, 2.24) is 0 Å². The average molecular weight is 346 g/mol. The van der Waals surface area contributed by atoms with Crippen molar-refractivity contribution in [2.75, 3.05) is 12.4 Å². The Bertz CT molecular complexity index is 654. The lowest BCUT2D eigenvalue weighted by atomic mass is 9.88. The second kappa shape index (κ2) is 6.10. The zero-order valence-corrected chi connectivity index (χ0v) is 14.0. The Hall–Kier alpha value is -1.48. The zero-order chi connectivity index (χ0) is 14.8. The van der Waals surface area contributed by atoms with Gasteiger partial charge in [-0.25, -0.2) is 0 Å². The van der Waals surface area contributed by atoms with Crippen LogP contribution in [0.3, 0.4) is 0 Å². The van der Waals surface area contributed by atoms with Gasteiger partial charge in [0.15, 0.2) is 0 Å². The topological polar surface area (TPSA) is 21.3 Å². The Kier molecular flexibility index (Phi) is 4.20. The van der Waals surface area contributed by atoms with Gasteiger partial charge in [0, 0.05) is 16.2 Å². The van der Waals surface area contributed by atoms with Crippen LogP contribution < -0.4 is 10.1 Å². The minimum Gasteiger partial charge on any atom is -0.496 e. The van der Waals surface area contributed by atoms with Crippen LogP contribution in [0.5, 0.6) is 5.75 Å². The van der Waals surface area contributed by atoms with Crippen molar-refractivity contribution < 1.29 is 4.74 Å². The fraction of sp³-hybridized carbons (Fsp3) is 0.333. The molecule has 1 N–H and O–H groups in total. The van der Waals surface area contributed by atoms with Gasteiger partial charge in [-0.05, 0) is 73.2 Å². The van der Waals surface area contributed by atoms with E-state index in [1.54, 1.807) is 7.11 Å². The van der Waals surface area contributed by atoms with Crippen molar-refractivity contribution in [1.29, 1.82) is 0 Å². The maximum atomic E-state index is 5.32. The Morgan fingerprint density at radius 3 is 2.76 bits per heavy atom. The van der Waals surface area contributed by atoms with Gasteiger partial charge in [0.25, 0.3) is 0 Å². The summed E-state index contributed by atoms with van der Waals surface area (Å²) in [5.74, 6) is 0.944. The van der Waals surface area contributed by atoms with Gasteiger partial charge in [0.05, 0.1) is 7.11 Å². The third-order valence-electron chi connectivity index (χ3n) is 4.16. The first-order valence-electron chi connectivity index (χ1n) is 7.34.